The Hall–Kier alpha value is -2.72. The van der Waals surface area contributed by atoms with E-state index in [4.69, 9.17) is 5.26 Å². The highest BCUT2D eigenvalue weighted by Gasteiger charge is 2.27. The molecule has 6 nitrogen and oxygen atoms in total. The van der Waals surface area contributed by atoms with Gasteiger partial charge in [-0.2, -0.15) is 5.26 Å². The summed E-state index contributed by atoms with van der Waals surface area (Å²) in [5, 5.41) is 19.3. The van der Waals surface area contributed by atoms with Crippen LogP contribution in [0.1, 0.15) is 36.1 Å². The van der Waals surface area contributed by atoms with Gasteiger partial charge in [0.25, 0.3) is 5.56 Å². The number of rotatable bonds is 4. The van der Waals surface area contributed by atoms with Crippen LogP contribution in [0.25, 0.3) is 0 Å². The summed E-state index contributed by atoms with van der Waals surface area (Å²) in [5.41, 5.74) is -1.02. The van der Waals surface area contributed by atoms with Crippen LogP contribution in [-0.2, 0) is 6.54 Å². The van der Waals surface area contributed by atoms with Gasteiger partial charge in [0.1, 0.15) is 17.4 Å². The van der Waals surface area contributed by atoms with Crippen LogP contribution in [-0.4, -0.2) is 14.2 Å². The fraction of sp³-hybridized carbons (Fsp3) is 0.312. The van der Waals surface area contributed by atoms with Gasteiger partial charge in [-0.15, -0.1) is 0 Å². The van der Waals surface area contributed by atoms with Gasteiger partial charge in [-0.1, -0.05) is 12.1 Å². The van der Waals surface area contributed by atoms with E-state index in [0.29, 0.717) is 5.56 Å². The predicted molar refractivity (Wildman–Crippen MR) is 79.3 cm³/mol. The highest BCUT2D eigenvalue weighted by molar-refractivity contribution is 5.24. The first-order chi connectivity index (χ1) is 11.0. The van der Waals surface area contributed by atoms with Gasteiger partial charge in [-0.05, 0) is 30.5 Å². The topological polar surface area (TPSA) is 88.0 Å². The minimum Gasteiger partial charge on any atom is -0.387 e. The zero-order chi connectivity index (χ0) is 16.6. The van der Waals surface area contributed by atoms with Crippen LogP contribution >= 0.6 is 0 Å². The summed E-state index contributed by atoms with van der Waals surface area (Å²) in [7, 11) is 0. The molecule has 0 bridgehead atoms. The fourth-order valence-corrected chi connectivity index (χ4v) is 2.44. The molecule has 1 saturated carbocycles. The van der Waals surface area contributed by atoms with E-state index in [1.807, 2.05) is 0 Å². The van der Waals surface area contributed by atoms with Gasteiger partial charge >= 0.3 is 5.69 Å². The van der Waals surface area contributed by atoms with Gasteiger partial charge in [-0.25, -0.2) is 9.18 Å². The first-order valence-electron chi connectivity index (χ1n) is 7.21. The Morgan fingerprint density at radius 2 is 1.96 bits per heavy atom. The van der Waals surface area contributed by atoms with E-state index >= 15 is 0 Å². The Morgan fingerprint density at radius 3 is 2.52 bits per heavy atom. The molecule has 0 unspecified atom stereocenters. The van der Waals surface area contributed by atoms with E-state index < -0.39 is 23.2 Å². The monoisotopic (exact) mass is 315 g/mol. The third-order valence-electron chi connectivity index (χ3n) is 3.87. The van der Waals surface area contributed by atoms with E-state index in [-0.39, 0.29) is 18.2 Å². The zero-order valence-corrected chi connectivity index (χ0v) is 12.1. The van der Waals surface area contributed by atoms with Crippen LogP contribution in [0.3, 0.4) is 0 Å². The van der Waals surface area contributed by atoms with E-state index in [1.54, 1.807) is 6.07 Å². The van der Waals surface area contributed by atoms with E-state index in [0.717, 1.165) is 17.4 Å². The van der Waals surface area contributed by atoms with Gasteiger partial charge in [0.05, 0.1) is 12.6 Å². The summed E-state index contributed by atoms with van der Waals surface area (Å²) < 4.78 is 15.2. The lowest BCUT2D eigenvalue weighted by Gasteiger charge is -2.14. The molecule has 7 heteroatoms. The first-order valence-corrected chi connectivity index (χ1v) is 7.21. The molecule has 3 rings (SSSR count). The molecule has 2 aromatic rings. The van der Waals surface area contributed by atoms with Crippen molar-refractivity contribution in [2.24, 2.45) is 0 Å². The number of aromatic nitrogens is 2. The molecule has 1 aromatic heterocycles. The summed E-state index contributed by atoms with van der Waals surface area (Å²) in [4.78, 5) is 24.6. The van der Waals surface area contributed by atoms with Gasteiger partial charge < -0.3 is 5.11 Å². The second-order valence-corrected chi connectivity index (χ2v) is 5.56. The molecule has 23 heavy (non-hydrogen) atoms. The van der Waals surface area contributed by atoms with Crippen molar-refractivity contribution in [3.8, 4) is 6.07 Å². The summed E-state index contributed by atoms with van der Waals surface area (Å²) in [6.07, 6.45) is 1.78. The van der Waals surface area contributed by atoms with Crippen LogP contribution < -0.4 is 11.2 Å². The zero-order valence-electron chi connectivity index (χ0n) is 12.1. The van der Waals surface area contributed by atoms with Crippen molar-refractivity contribution in [3.63, 3.8) is 0 Å². The Labute approximate surface area is 130 Å². The molecule has 1 N–H and O–H groups in total. The van der Waals surface area contributed by atoms with E-state index in [2.05, 4.69) is 0 Å². The molecule has 0 amide bonds. The lowest BCUT2D eigenvalue weighted by atomic mass is 10.1. The number of nitrogens with zero attached hydrogens (tertiary/aromatic N) is 3. The fourth-order valence-electron chi connectivity index (χ4n) is 2.44. The van der Waals surface area contributed by atoms with Crippen molar-refractivity contribution in [1.82, 2.24) is 9.13 Å². The van der Waals surface area contributed by atoms with Crippen molar-refractivity contribution >= 4 is 0 Å². The number of halogens is 1. The van der Waals surface area contributed by atoms with Crippen LogP contribution in [0.2, 0.25) is 0 Å². The molecule has 0 aliphatic heterocycles. The molecule has 0 radical (unpaired) electrons. The predicted octanol–water partition coefficient (Wildman–Crippen LogP) is 1.09. The van der Waals surface area contributed by atoms with Gasteiger partial charge in [0, 0.05) is 12.2 Å². The van der Waals surface area contributed by atoms with Crippen LogP contribution in [0.5, 0.6) is 0 Å². The minimum absolute atomic E-state index is 0.00409. The second kappa shape index (κ2) is 5.82. The molecule has 1 atom stereocenters. The molecule has 118 valence electrons. The largest absolute Gasteiger partial charge is 0.387 e. The van der Waals surface area contributed by atoms with Crippen molar-refractivity contribution in [1.29, 1.82) is 5.26 Å². The number of hydrogen-bond acceptors (Lipinski definition) is 4. The van der Waals surface area contributed by atoms with Crippen LogP contribution in [0, 0.1) is 17.1 Å². The van der Waals surface area contributed by atoms with Gasteiger partial charge in [0.15, 0.2) is 0 Å². The smallest absolute Gasteiger partial charge is 0.331 e. The third kappa shape index (κ3) is 2.94. The Morgan fingerprint density at radius 1 is 1.30 bits per heavy atom. The Bertz CT molecular complexity index is 889. The normalized spacial score (nSPS) is 15.2. The van der Waals surface area contributed by atoms with E-state index in [9.17, 15) is 19.1 Å². The van der Waals surface area contributed by atoms with Crippen molar-refractivity contribution < 1.29 is 9.50 Å². The van der Waals surface area contributed by atoms with Crippen LogP contribution in [0.15, 0.2) is 40.1 Å². The van der Waals surface area contributed by atoms with Crippen molar-refractivity contribution in [2.45, 2.75) is 31.5 Å². The van der Waals surface area contributed by atoms with Gasteiger partial charge in [-0.3, -0.25) is 13.9 Å². The lowest BCUT2D eigenvalue weighted by Crippen LogP contribution is -2.41. The number of benzene rings is 1. The molecule has 0 spiro atoms. The van der Waals surface area contributed by atoms with Gasteiger partial charge in [0.2, 0.25) is 0 Å². The van der Waals surface area contributed by atoms with E-state index in [1.165, 1.54) is 35.0 Å². The standard InChI is InChI=1S/C16H14FN3O3/c17-12-3-1-10(2-4-12)14(21)9-20-15(22)11(7-18)8-19(16(20)23)13-5-6-13/h1-4,8,13-14,21H,5-6,9H2/t14-/m0/s1. The Balaban J connectivity index is 2.00. The molecule has 1 aliphatic rings. The summed E-state index contributed by atoms with van der Waals surface area (Å²) in [6, 6.07) is 6.94. The summed E-state index contributed by atoms with van der Waals surface area (Å²) >= 11 is 0. The summed E-state index contributed by atoms with van der Waals surface area (Å²) in [6.45, 7) is -0.286. The minimum atomic E-state index is -1.15. The number of aliphatic hydroxyl groups excluding tert-OH is 1. The molecule has 1 fully saturated rings. The molecule has 1 heterocycles. The average Bonchev–Trinajstić information content (AvgIpc) is 3.37. The molecule has 1 aliphatic carbocycles. The average molecular weight is 315 g/mol. The number of aliphatic hydroxyl groups is 1. The quantitative estimate of drug-likeness (QED) is 0.915. The third-order valence-corrected chi connectivity index (χ3v) is 3.87. The van der Waals surface area contributed by atoms with Crippen molar-refractivity contribution in [2.75, 3.05) is 0 Å². The Kier molecular flexibility index (Phi) is 3.84. The SMILES string of the molecule is N#Cc1cn(C2CC2)c(=O)n(C[C@H](O)c2ccc(F)cc2)c1=O. The molecular formula is C16H14FN3O3. The maximum atomic E-state index is 12.9. The molecular weight excluding hydrogens is 301 g/mol. The molecule has 0 saturated heterocycles. The summed E-state index contributed by atoms with van der Waals surface area (Å²) in [5.74, 6) is -0.444. The highest BCUT2D eigenvalue weighted by atomic mass is 19.1. The maximum absolute atomic E-state index is 12.9. The number of hydrogen-bond donors (Lipinski definition) is 1. The second-order valence-electron chi connectivity index (χ2n) is 5.56. The lowest BCUT2D eigenvalue weighted by molar-refractivity contribution is 0.152. The first kappa shape index (κ1) is 15.2. The molecule has 1 aromatic carbocycles. The highest BCUT2D eigenvalue weighted by Crippen LogP contribution is 2.33. The number of nitriles is 1. The maximum Gasteiger partial charge on any atom is 0.331 e. The van der Waals surface area contributed by atoms with Crippen LogP contribution in [0.4, 0.5) is 4.39 Å². The van der Waals surface area contributed by atoms with Crippen molar-refractivity contribution in [3.05, 3.63) is 68.2 Å².